The van der Waals surface area contributed by atoms with E-state index in [-0.39, 0.29) is 0 Å². The summed E-state index contributed by atoms with van der Waals surface area (Å²) in [7, 11) is 0. The highest BCUT2D eigenvalue weighted by atomic mass is 32.1. The first kappa shape index (κ1) is 12.3. The van der Waals surface area contributed by atoms with Gasteiger partial charge in [-0.3, -0.25) is 4.98 Å². The van der Waals surface area contributed by atoms with Crippen molar-refractivity contribution in [3.05, 3.63) is 51.5 Å². The zero-order valence-electron chi connectivity index (χ0n) is 10.5. The maximum Gasteiger partial charge on any atom is 0.0391 e. The fourth-order valence-electron chi connectivity index (χ4n) is 1.87. The summed E-state index contributed by atoms with van der Waals surface area (Å²) in [4.78, 5) is 5.59. The van der Waals surface area contributed by atoms with Crippen molar-refractivity contribution in [2.75, 3.05) is 0 Å². The molecule has 1 N–H and O–H groups in total. The number of aromatic nitrogens is 1. The third kappa shape index (κ3) is 2.93. The molecule has 17 heavy (non-hydrogen) atoms. The molecule has 2 heterocycles. The highest BCUT2D eigenvalue weighted by molar-refractivity contribution is 7.10. The van der Waals surface area contributed by atoms with Crippen molar-refractivity contribution < 1.29 is 0 Å². The normalized spacial score (nSPS) is 12.6. The molecule has 1 unspecified atom stereocenters. The Morgan fingerprint density at radius 3 is 2.76 bits per heavy atom. The van der Waals surface area contributed by atoms with Gasteiger partial charge in [-0.1, -0.05) is 0 Å². The SMILES string of the molecule is Cc1ccncc1CNC(C)c1sccc1C. The topological polar surface area (TPSA) is 24.9 Å². The fraction of sp³-hybridized carbons (Fsp3) is 0.357. The lowest BCUT2D eigenvalue weighted by atomic mass is 10.1. The van der Waals surface area contributed by atoms with Gasteiger partial charge in [-0.05, 0) is 55.0 Å². The Kier molecular flexibility index (Phi) is 3.92. The molecular formula is C14H18N2S. The predicted octanol–water partition coefficient (Wildman–Crippen LogP) is 3.61. The van der Waals surface area contributed by atoms with Crippen LogP contribution in [0.25, 0.3) is 0 Å². The molecule has 2 aromatic rings. The molecule has 0 saturated heterocycles. The fourth-order valence-corrected chi connectivity index (χ4v) is 2.83. The van der Waals surface area contributed by atoms with Gasteiger partial charge in [-0.15, -0.1) is 11.3 Å². The van der Waals surface area contributed by atoms with Gasteiger partial charge in [0, 0.05) is 29.9 Å². The molecule has 0 spiro atoms. The van der Waals surface area contributed by atoms with Gasteiger partial charge in [0.1, 0.15) is 0 Å². The largest absolute Gasteiger partial charge is 0.305 e. The zero-order chi connectivity index (χ0) is 12.3. The monoisotopic (exact) mass is 246 g/mol. The first-order chi connectivity index (χ1) is 8.18. The summed E-state index contributed by atoms with van der Waals surface area (Å²) < 4.78 is 0. The van der Waals surface area contributed by atoms with Crippen molar-refractivity contribution in [2.45, 2.75) is 33.4 Å². The molecular weight excluding hydrogens is 228 g/mol. The van der Waals surface area contributed by atoms with Crippen LogP contribution >= 0.6 is 11.3 Å². The Balaban J connectivity index is 2.00. The average Bonchev–Trinajstić information content (AvgIpc) is 2.74. The molecule has 2 rings (SSSR count). The van der Waals surface area contributed by atoms with E-state index in [1.54, 1.807) is 0 Å². The number of hydrogen-bond acceptors (Lipinski definition) is 3. The van der Waals surface area contributed by atoms with Crippen LogP contribution in [-0.2, 0) is 6.54 Å². The summed E-state index contributed by atoms with van der Waals surface area (Å²) in [5.41, 5.74) is 3.94. The molecule has 0 aliphatic heterocycles. The van der Waals surface area contributed by atoms with Gasteiger partial charge < -0.3 is 5.32 Å². The van der Waals surface area contributed by atoms with Crippen LogP contribution in [0.3, 0.4) is 0 Å². The predicted molar refractivity (Wildman–Crippen MR) is 73.3 cm³/mol. The van der Waals surface area contributed by atoms with E-state index >= 15 is 0 Å². The number of aryl methyl sites for hydroxylation is 2. The highest BCUT2D eigenvalue weighted by Gasteiger charge is 2.09. The molecule has 0 aliphatic carbocycles. The molecule has 3 heteroatoms. The van der Waals surface area contributed by atoms with Gasteiger partial charge in [0.05, 0.1) is 0 Å². The summed E-state index contributed by atoms with van der Waals surface area (Å²) in [6, 6.07) is 4.63. The van der Waals surface area contributed by atoms with E-state index in [0.717, 1.165) is 6.54 Å². The Morgan fingerprint density at radius 2 is 2.12 bits per heavy atom. The molecule has 2 nitrogen and oxygen atoms in total. The van der Waals surface area contributed by atoms with Gasteiger partial charge in [0.15, 0.2) is 0 Å². The maximum absolute atomic E-state index is 4.17. The summed E-state index contributed by atoms with van der Waals surface area (Å²) in [5, 5.41) is 5.70. The van der Waals surface area contributed by atoms with Crippen molar-refractivity contribution in [1.29, 1.82) is 0 Å². The molecule has 0 aromatic carbocycles. The molecule has 0 bridgehead atoms. The van der Waals surface area contributed by atoms with E-state index in [9.17, 15) is 0 Å². The minimum absolute atomic E-state index is 0.398. The third-order valence-electron chi connectivity index (χ3n) is 3.04. The second-order valence-electron chi connectivity index (χ2n) is 4.37. The van der Waals surface area contributed by atoms with Crippen molar-refractivity contribution in [3.63, 3.8) is 0 Å². The van der Waals surface area contributed by atoms with E-state index in [4.69, 9.17) is 0 Å². The highest BCUT2D eigenvalue weighted by Crippen LogP contribution is 2.23. The van der Waals surface area contributed by atoms with E-state index < -0.39 is 0 Å². The van der Waals surface area contributed by atoms with Gasteiger partial charge in [0.2, 0.25) is 0 Å². The van der Waals surface area contributed by atoms with Crippen molar-refractivity contribution in [1.82, 2.24) is 10.3 Å². The minimum Gasteiger partial charge on any atom is -0.305 e. The smallest absolute Gasteiger partial charge is 0.0391 e. The Labute approximate surface area is 107 Å². The van der Waals surface area contributed by atoms with E-state index in [0.29, 0.717) is 6.04 Å². The lowest BCUT2D eigenvalue weighted by Crippen LogP contribution is -2.18. The first-order valence-electron chi connectivity index (χ1n) is 5.85. The van der Waals surface area contributed by atoms with Crippen LogP contribution in [-0.4, -0.2) is 4.98 Å². The van der Waals surface area contributed by atoms with Gasteiger partial charge in [-0.2, -0.15) is 0 Å². The molecule has 0 aliphatic rings. The second kappa shape index (κ2) is 5.43. The van der Waals surface area contributed by atoms with Crippen LogP contribution in [0.15, 0.2) is 29.9 Å². The van der Waals surface area contributed by atoms with Crippen molar-refractivity contribution in [2.24, 2.45) is 0 Å². The number of nitrogens with one attached hydrogen (secondary N) is 1. The summed E-state index contributed by atoms with van der Waals surface area (Å²) >= 11 is 1.82. The van der Waals surface area contributed by atoms with Gasteiger partial charge in [-0.25, -0.2) is 0 Å². The lowest BCUT2D eigenvalue weighted by molar-refractivity contribution is 0.578. The molecule has 0 radical (unpaired) electrons. The van der Waals surface area contributed by atoms with Crippen LogP contribution in [0, 0.1) is 13.8 Å². The Hall–Kier alpha value is -1.19. The summed E-state index contributed by atoms with van der Waals surface area (Å²) in [6.07, 6.45) is 3.78. The van der Waals surface area contributed by atoms with Crippen LogP contribution in [0.2, 0.25) is 0 Å². The van der Waals surface area contributed by atoms with Crippen LogP contribution in [0.1, 0.15) is 34.5 Å². The maximum atomic E-state index is 4.17. The molecule has 2 aromatic heterocycles. The van der Waals surface area contributed by atoms with Gasteiger partial charge >= 0.3 is 0 Å². The number of thiophene rings is 1. The second-order valence-corrected chi connectivity index (χ2v) is 5.32. The molecule has 0 saturated carbocycles. The van der Waals surface area contributed by atoms with Crippen molar-refractivity contribution >= 4 is 11.3 Å². The summed E-state index contributed by atoms with van der Waals surface area (Å²) in [6.45, 7) is 7.38. The summed E-state index contributed by atoms with van der Waals surface area (Å²) in [5.74, 6) is 0. The van der Waals surface area contributed by atoms with Crippen LogP contribution in [0.4, 0.5) is 0 Å². The number of nitrogens with zero attached hydrogens (tertiary/aromatic N) is 1. The number of rotatable bonds is 4. The molecule has 90 valence electrons. The van der Waals surface area contributed by atoms with Crippen molar-refractivity contribution in [3.8, 4) is 0 Å². The third-order valence-corrected chi connectivity index (χ3v) is 4.24. The van der Waals surface area contributed by atoms with Gasteiger partial charge in [0.25, 0.3) is 0 Å². The standard InChI is InChI=1S/C14H18N2S/c1-10-4-6-15-8-13(10)9-16-12(3)14-11(2)5-7-17-14/h4-8,12,16H,9H2,1-3H3. The van der Waals surface area contributed by atoms with E-state index in [1.807, 2.05) is 23.7 Å². The van der Waals surface area contributed by atoms with E-state index in [2.05, 4.69) is 48.6 Å². The average molecular weight is 246 g/mol. The number of hydrogen-bond donors (Lipinski definition) is 1. The molecule has 1 atom stereocenters. The molecule has 0 amide bonds. The quantitative estimate of drug-likeness (QED) is 0.891. The lowest BCUT2D eigenvalue weighted by Gasteiger charge is -2.14. The molecule has 0 fully saturated rings. The zero-order valence-corrected chi connectivity index (χ0v) is 11.3. The van der Waals surface area contributed by atoms with E-state index in [1.165, 1.54) is 21.6 Å². The minimum atomic E-state index is 0.398. The van der Waals surface area contributed by atoms with Crippen LogP contribution < -0.4 is 5.32 Å². The Bertz CT molecular complexity index is 490. The number of pyridine rings is 1. The Morgan fingerprint density at radius 1 is 1.29 bits per heavy atom. The first-order valence-corrected chi connectivity index (χ1v) is 6.73. The van der Waals surface area contributed by atoms with Crippen LogP contribution in [0.5, 0.6) is 0 Å².